The minimum Gasteiger partial charge on any atom is -0.456 e. The van der Waals surface area contributed by atoms with Crippen LogP contribution in [0.15, 0.2) is 155 Å². The highest BCUT2D eigenvalue weighted by atomic mass is 16.3. The van der Waals surface area contributed by atoms with Gasteiger partial charge in [-0.2, -0.15) is 0 Å². The van der Waals surface area contributed by atoms with Crippen molar-refractivity contribution in [2.75, 3.05) is 5.32 Å². The summed E-state index contributed by atoms with van der Waals surface area (Å²) in [5.41, 5.74) is 10.7. The van der Waals surface area contributed by atoms with Gasteiger partial charge in [0, 0.05) is 49.2 Å². The highest BCUT2D eigenvalue weighted by Gasteiger charge is 2.31. The first-order valence-electron chi connectivity index (χ1n) is 16.8. The van der Waals surface area contributed by atoms with Crippen LogP contribution in [-0.2, 0) is 0 Å². The minimum atomic E-state index is -0.178. The number of aromatic nitrogens is 2. The fraction of sp³-hybridized carbons (Fsp3) is 0.0227. The molecule has 4 aromatic heterocycles. The van der Waals surface area contributed by atoms with Gasteiger partial charge in [0.2, 0.25) is 0 Å². The highest BCUT2D eigenvalue weighted by Crippen LogP contribution is 2.49. The van der Waals surface area contributed by atoms with Gasteiger partial charge in [-0.25, -0.2) is 4.99 Å². The van der Waals surface area contributed by atoms with Crippen LogP contribution >= 0.6 is 0 Å². The normalized spacial score (nSPS) is 15.0. The second-order valence-electron chi connectivity index (χ2n) is 13.2. The predicted molar refractivity (Wildman–Crippen MR) is 203 cm³/mol. The van der Waals surface area contributed by atoms with Gasteiger partial charge in [0.05, 0.1) is 39.0 Å². The Bertz CT molecular complexity index is 3200. The number of nitrogens with zero attached hydrogens (tertiary/aromatic N) is 3. The van der Waals surface area contributed by atoms with E-state index < -0.39 is 0 Å². The summed E-state index contributed by atoms with van der Waals surface area (Å²) in [6.07, 6.45) is 0. The Morgan fingerprint density at radius 1 is 0.510 bits per heavy atom. The van der Waals surface area contributed by atoms with Crippen LogP contribution in [0.25, 0.3) is 81.8 Å². The van der Waals surface area contributed by atoms with Crippen molar-refractivity contribution in [3.05, 3.63) is 151 Å². The number of hydrogen-bond donors (Lipinski definition) is 1. The molecule has 5 heteroatoms. The number of nitrogens with one attached hydrogen (secondary N) is 1. The minimum absolute atomic E-state index is 0.178. The monoisotopic (exact) mass is 626 g/mol. The van der Waals surface area contributed by atoms with Crippen LogP contribution in [0.1, 0.15) is 11.6 Å². The molecule has 1 aliphatic rings. The zero-order chi connectivity index (χ0) is 31.8. The molecular weight excluding hydrogens is 601 g/mol. The van der Waals surface area contributed by atoms with E-state index in [4.69, 9.17) is 9.41 Å². The average Bonchev–Trinajstić information content (AvgIpc) is 3.78. The second-order valence-corrected chi connectivity index (χ2v) is 13.2. The quantitative estimate of drug-likeness (QED) is 0.197. The molecule has 228 valence electrons. The Hall–Kier alpha value is -6.59. The molecule has 7 aromatic carbocycles. The summed E-state index contributed by atoms with van der Waals surface area (Å²) in [4.78, 5) is 5.47. The Morgan fingerprint density at radius 2 is 1.22 bits per heavy atom. The van der Waals surface area contributed by atoms with Gasteiger partial charge in [-0.3, -0.25) is 4.57 Å². The molecule has 1 unspecified atom stereocenters. The third-order valence-electron chi connectivity index (χ3n) is 10.7. The number of anilines is 1. The molecule has 0 saturated carbocycles. The number of benzene rings is 7. The van der Waals surface area contributed by atoms with Gasteiger partial charge >= 0.3 is 0 Å². The Balaban J connectivity index is 1.38. The van der Waals surface area contributed by atoms with Crippen LogP contribution in [0.3, 0.4) is 0 Å². The number of aliphatic imine (C=N–C) groups is 1. The first kappa shape index (κ1) is 25.5. The lowest BCUT2D eigenvalue weighted by molar-refractivity contribution is 0.669. The van der Waals surface area contributed by atoms with Crippen molar-refractivity contribution in [3.8, 4) is 0 Å². The summed E-state index contributed by atoms with van der Waals surface area (Å²) >= 11 is 0. The van der Waals surface area contributed by atoms with Crippen molar-refractivity contribution >= 4 is 99.0 Å². The van der Waals surface area contributed by atoms with Crippen LogP contribution in [0.5, 0.6) is 0 Å². The molecule has 0 spiro atoms. The van der Waals surface area contributed by atoms with Crippen molar-refractivity contribution in [2.45, 2.75) is 6.04 Å². The molecule has 0 saturated heterocycles. The molecule has 49 heavy (non-hydrogen) atoms. The van der Waals surface area contributed by atoms with E-state index in [1.165, 1.54) is 48.9 Å². The molecule has 0 bridgehead atoms. The van der Waals surface area contributed by atoms with Crippen LogP contribution in [0.4, 0.5) is 11.4 Å². The molecule has 1 N–H and O–H groups in total. The molecule has 0 amide bonds. The maximum absolute atomic E-state index is 6.74. The maximum atomic E-state index is 6.74. The Labute approximate surface area is 279 Å². The van der Waals surface area contributed by atoms with E-state index in [-0.39, 0.29) is 6.04 Å². The molecule has 12 rings (SSSR count). The summed E-state index contributed by atoms with van der Waals surface area (Å²) in [5.74, 6) is 0.930. The van der Waals surface area contributed by atoms with E-state index >= 15 is 0 Å². The van der Waals surface area contributed by atoms with Crippen molar-refractivity contribution in [3.63, 3.8) is 0 Å². The van der Waals surface area contributed by atoms with Gasteiger partial charge in [0.25, 0.3) is 0 Å². The summed E-state index contributed by atoms with van der Waals surface area (Å²) in [6, 6.07) is 51.8. The number of fused-ring (bicyclic) bond motifs is 10. The van der Waals surface area contributed by atoms with Crippen LogP contribution in [0, 0.1) is 0 Å². The van der Waals surface area contributed by atoms with E-state index in [0.717, 1.165) is 55.7 Å². The summed E-state index contributed by atoms with van der Waals surface area (Å²) in [6.45, 7) is 0. The number of para-hydroxylation sites is 5. The van der Waals surface area contributed by atoms with Gasteiger partial charge in [-0.05, 0) is 42.0 Å². The molecule has 0 fully saturated rings. The third kappa shape index (κ3) is 3.17. The number of rotatable bonds is 1. The van der Waals surface area contributed by atoms with E-state index in [2.05, 4.69) is 160 Å². The van der Waals surface area contributed by atoms with Gasteiger partial charge in [0.1, 0.15) is 23.0 Å². The van der Waals surface area contributed by atoms with Crippen LogP contribution in [-0.4, -0.2) is 14.8 Å². The van der Waals surface area contributed by atoms with E-state index in [9.17, 15) is 0 Å². The van der Waals surface area contributed by atoms with Crippen LogP contribution in [0.2, 0.25) is 0 Å². The van der Waals surface area contributed by atoms with Crippen molar-refractivity contribution in [2.24, 2.45) is 4.99 Å². The van der Waals surface area contributed by atoms with E-state index in [1.54, 1.807) is 0 Å². The average molecular weight is 627 g/mol. The summed E-state index contributed by atoms with van der Waals surface area (Å²) in [7, 11) is 0. The van der Waals surface area contributed by atoms with Crippen molar-refractivity contribution in [1.29, 1.82) is 0 Å². The summed E-state index contributed by atoms with van der Waals surface area (Å²) < 4.78 is 11.6. The van der Waals surface area contributed by atoms with Crippen molar-refractivity contribution in [1.82, 2.24) is 8.97 Å². The summed E-state index contributed by atoms with van der Waals surface area (Å²) in [5, 5.41) is 13.5. The topological polar surface area (TPSA) is 46.9 Å². The van der Waals surface area contributed by atoms with E-state index in [0.29, 0.717) is 0 Å². The smallest absolute Gasteiger partial charge is 0.141 e. The molecule has 0 aliphatic carbocycles. The maximum Gasteiger partial charge on any atom is 0.141 e. The standard InChI is InChI=1S/C44H26N4O/c1-2-12-25(13-3-1)42-44(46-31-19-7-6-18-30(31)45-42)48-34-22-11-21-33-40(34)41-35(48)24-37-38(28-15-5-9-23-36(28)49-37)39(41)29-17-10-16-27-26-14-4-8-20-32(26)47(33)43(27)29/h1-24,42,45H. The molecule has 1 atom stereocenters. The number of hydrogen-bond acceptors (Lipinski definition) is 3. The SMILES string of the molecule is c1ccc(C2Nc3ccccc3N=C2n2c3cc4oc5ccccc5c4c4c5cccc6c7ccccc7n(c7cccc2c7c43)c65)cc1. The molecule has 1 aliphatic heterocycles. The fourth-order valence-electron chi connectivity index (χ4n) is 8.73. The fourth-order valence-corrected chi connectivity index (χ4v) is 8.73. The zero-order valence-electron chi connectivity index (χ0n) is 26.2. The van der Waals surface area contributed by atoms with Gasteiger partial charge < -0.3 is 14.1 Å². The second kappa shape index (κ2) is 9.06. The van der Waals surface area contributed by atoms with Gasteiger partial charge in [-0.15, -0.1) is 0 Å². The first-order valence-corrected chi connectivity index (χ1v) is 16.8. The Morgan fingerprint density at radius 3 is 2.16 bits per heavy atom. The van der Waals surface area contributed by atoms with Crippen molar-refractivity contribution < 1.29 is 4.42 Å². The molecule has 11 aromatic rings. The zero-order valence-corrected chi connectivity index (χ0v) is 26.2. The van der Waals surface area contributed by atoms with Gasteiger partial charge in [0.15, 0.2) is 0 Å². The lowest BCUT2D eigenvalue weighted by Gasteiger charge is -2.29. The molecule has 5 heterocycles. The Kier molecular flexibility index (Phi) is 4.71. The largest absolute Gasteiger partial charge is 0.456 e. The third-order valence-corrected chi connectivity index (χ3v) is 10.7. The molecular formula is C44H26N4O. The number of furan rings is 1. The lowest BCUT2D eigenvalue weighted by atomic mass is 9.98. The first-order chi connectivity index (χ1) is 24.3. The predicted octanol–water partition coefficient (Wildman–Crippen LogP) is 11.6. The highest BCUT2D eigenvalue weighted by molar-refractivity contribution is 6.39. The van der Waals surface area contributed by atoms with E-state index in [1.807, 2.05) is 0 Å². The molecule has 5 nitrogen and oxygen atoms in total. The lowest BCUT2D eigenvalue weighted by Crippen LogP contribution is -2.29. The van der Waals surface area contributed by atoms with Crippen LogP contribution < -0.4 is 5.32 Å². The van der Waals surface area contributed by atoms with Gasteiger partial charge in [-0.1, -0.05) is 103 Å². The molecule has 0 radical (unpaired) electrons.